The van der Waals surface area contributed by atoms with E-state index in [1.54, 1.807) is 6.08 Å². The molecule has 1 amide bonds. The molecule has 2 heterocycles. The van der Waals surface area contributed by atoms with Crippen LogP contribution in [0.15, 0.2) is 48.6 Å². The molecular formula is C72H133NO13. The maximum Gasteiger partial charge on any atom is 0.220 e. The maximum atomic E-state index is 13.3. The van der Waals surface area contributed by atoms with Crippen LogP contribution in [0, 0.1) is 0 Å². The lowest BCUT2D eigenvalue weighted by atomic mass is 9.97. The molecule has 0 bridgehead atoms. The summed E-state index contributed by atoms with van der Waals surface area (Å²) in [4.78, 5) is 13.3. The topological polar surface area (TPSA) is 228 Å². The summed E-state index contributed by atoms with van der Waals surface area (Å²) in [6.45, 7) is 2.82. The number of allylic oxidation sites excluding steroid dienone is 7. The fourth-order valence-electron chi connectivity index (χ4n) is 11.8. The molecule has 14 heteroatoms. The molecule has 2 aliphatic rings. The Labute approximate surface area is 524 Å². The van der Waals surface area contributed by atoms with Crippen LogP contribution in [-0.2, 0) is 23.7 Å². The summed E-state index contributed by atoms with van der Waals surface area (Å²) in [5, 5.41) is 87.5. The van der Waals surface area contributed by atoms with Gasteiger partial charge in [0.05, 0.1) is 32.0 Å². The third kappa shape index (κ3) is 40.6. The lowest BCUT2D eigenvalue weighted by Gasteiger charge is -2.46. The highest BCUT2D eigenvalue weighted by Crippen LogP contribution is 2.30. The number of carbonyl (C=O) groups is 1. The monoisotopic (exact) mass is 1220 g/mol. The van der Waals surface area contributed by atoms with Crippen molar-refractivity contribution in [2.24, 2.45) is 0 Å². The number of hydrogen-bond acceptors (Lipinski definition) is 13. The SMILES string of the molecule is CCCCCCC/C=C\C/C=C\C/C=C\CCCCCCCCCCC(=O)NC(COC1OC(CO)C(OC2OC(CO)C(O)C(O)C2O)C(O)C1O)C(O)/C=C/CCCCCCCCCCCCCCCCCCCCCCCCCCCCC. The fourth-order valence-corrected chi connectivity index (χ4v) is 11.8. The van der Waals surface area contributed by atoms with Gasteiger partial charge in [-0.2, -0.15) is 0 Å². The first kappa shape index (κ1) is 80.0. The molecule has 2 aliphatic heterocycles. The van der Waals surface area contributed by atoms with Crippen LogP contribution in [0.1, 0.15) is 309 Å². The van der Waals surface area contributed by atoms with Crippen molar-refractivity contribution in [3.8, 4) is 0 Å². The normalized spacial score (nSPS) is 23.7. The van der Waals surface area contributed by atoms with Gasteiger partial charge in [-0.05, 0) is 57.8 Å². The van der Waals surface area contributed by atoms with E-state index in [0.717, 1.165) is 57.8 Å². The zero-order valence-electron chi connectivity index (χ0n) is 54.8. The maximum absolute atomic E-state index is 13.3. The summed E-state index contributed by atoms with van der Waals surface area (Å²) in [6.07, 6.45) is 57.3. The average Bonchev–Trinajstić information content (AvgIpc) is 2.54. The van der Waals surface area contributed by atoms with Gasteiger partial charge in [0.15, 0.2) is 12.6 Å². The standard InChI is InChI=1S/C72H133NO13/c1-3-5-7-9-11-13-15-17-19-21-23-25-27-28-29-30-31-32-34-35-37-39-41-43-45-47-49-51-53-55-61(76)60(59-83-71-69(82)67(80)70(63(58-75)85-71)86-72-68(81)66(79)65(78)62(57-74)84-72)73-64(77)56-54-52-50-48-46-44-42-40-38-36-33-26-24-22-20-18-16-14-12-10-8-6-4-2/h16,18,22,24,33,36,53,55,60-63,65-72,74-76,78-82H,3-15,17,19-21,23,25-32,34-35,37-52,54,56-59H2,1-2H3,(H,73,77)/b18-16-,24-22-,36-33-,55-53+. The van der Waals surface area contributed by atoms with Crippen molar-refractivity contribution in [2.45, 2.75) is 383 Å². The van der Waals surface area contributed by atoms with Crippen molar-refractivity contribution >= 4 is 5.91 Å². The van der Waals surface area contributed by atoms with E-state index in [4.69, 9.17) is 18.9 Å². The number of rotatable bonds is 59. The van der Waals surface area contributed by atoms with Crippen molar-refractivity contribution in [1.29, 1.82) is 0 Å². The predicted octanol–water partition coefficient (Wildman–Crippen LogP) is 14.7. The van der Waals surface area contributed by atoms with Gasteiger partial charge < -0.3 is 65.1 Å². The highest BCUT2D eigenvalue weighted by atomic mass is 16.7. The molecule has 0 aromatic rings. The molecule has 2 saturated heterocycles. The van der Waals surface area contributed by atoms with Crippen molar-refractivity contribution in [2.75, 3.05) is 19.8 Å². The van der Waals surface area contributed by atoms with E-state index < -0.39 is 86.8 Å². The molecule has 0 radical (unpaired) electrons. The molecule has 2 fully saturated rings. The van der Waals surface area contributed by atoms with E-state index in [2.05, 4.69) is 55.6 Å². The number of hydrogen-bond donors (Lipinski definition) is 9. The molecule has 0 aliphatic carbocycles. The summed E-state index contributed by atoms with van der Waals surface area (Å²) in [7, 11) is 0. The van der Waals surface area contributed by atoms with Gasteiger partial charge in [-0.15, -0.1) is 0 Å². The molecule has 86 heavy (non-hydrogen) atoms. The second-order valence-electron chi connectivity index (χ2n) is 25.4. The summed E-state index contributed by atoms with van der Waals surface area (Å²) in [5.41, 5.74) is 0. The number of nitrogens with one attached hydrogen (secondary N) is 1. The highest BCUT2D eigenvalue weighted by molar-refractivity contribution is 5.76. The summed E-state index contributed by atoms with van der Waals surface area (Å²) < 4.78 is 22.9. The Morgan fingerprint density at radius 2 is 0.767 bits per heavy atom. The Kier molecular flexibility index (Phi) is 53.0. The van der Waals surface area contributed by atoms with Crippen LogP contribution >= 0.6 is 0 Å². The zero-order chi connectivity index (χ0) is 62.3. The van der Waals surface area contributed by atoms with Crippen molar-refractivity contribution in [3.63, 3.8) is 0 Å². The number of carbonyl (C=O) groups excluding carboxylic acids is 1. The Bertz CT molecular complexity index is 1630. The van der Waals surface area contributed by atoms with Gasteiger partial charge >= 0.3 is 0 Å². The third-order valence-corrected chi connectivity index (χ3v) is 17.5. The minimum atomic E-state index is -1.79. The summed E-state index contributed by atoms with van der Waals surface area (Å²) in [6, 6.07) is -0.922. The van der Waals surface area contributed by atoms with Crippen LogP contribution in [-0.4, -0.2) is 140 Å². The number of aliphatic hydroxyl groups excluding tert-OH is 8. The molecule has 12 unspecified atom stereocenters. The average molecular weight is 1220 g/mol. The minimum Gasteiger partial charge on any atom is -0.394 e. The van der Waals surface area contributed by atoms with E-state index in [0.29, 0.717) is 6.42 Å². The van der Waals surface area contributed by atoms with Crippen LogP contribution < -0.4 is 5.32 Å². The number of amides is 1. The largest absolute Gasteiger partial charge is 0.394 e. The van der Waals surface area contributed by atoms with Crippen molar-refractivity contribution < 1.29 is 64.6 Å². The molecule has 12 atom stereocenters. The molecule has 0 aromatic carbocycles. The quantitative estimate of drug-likeness (QED) is 0.0204. The van der Waals surface area contributed by atoms with Crippen LogP contribution in [0.4, 0.5) is 0 Å². The van der Waals surface area contributed by atoms with Gasteiger partial charge in [-0.25, -0.2) is 0 Å². The predicted molar refractivity (Wildman–Crippen MR) is 351 cm³/mol. The minimum absolute atomic E-state index is 0.244. The molecule has 9 N–H and O–H groups in total. The van der Waals surface area contributed by atoms with Gasteiger partial charge in [0, 0.05) is 6.42 Å². The van der Waals surface area contributed by atoms with E-state index in [1.807, 2.05) is 6.08 Å². The van der Waals surface area contributed by atoms with Gasteiger partial charge in [-0.3, -0.25) is 4.79 Å². The van der Waals surface area contributed by atoms with Crippen LogP contribution in [0.3, 0.4) is 0 Å². The van der Waals surface area contributed by atoms with E-state index in [1.165, 1.54) is 225 Å². The smallest absolute Gasteiger partial charge is 0.220 e. The van der Waals surface area contributed by atoms with Crippen molar-refractivity contribution in [3.05, 3.63) is 48.6 Å². The molecule has 14 nitrogen and oxygen atoms in total. The highest BCUT2D eigenvalue weighted by Gasteiger charge is 2.51. The van der Waals surface area contributed by atoms with Crippen molar-refractivity contribution in [1.82, 2.24) is 5.32 Å². The van der Waals surface area contributed by atoms with Crippen LogP contribution in [0.2, 0.25) is 0 Å². The second-order valence-corrected chi connectivity index (χ2v) is 25.4. The first-order valence-electron chi connectivity index (χ1n) is 35.9. The van der Waals surface area contributed by atoms with Crippen LogP contribution in [0.5, 0.6) is 0 Å². The Morgan fingerprint density at radius 1 is 0.419 bits per heavy atom. The zero-order valence-corrected chi connectivity index (χ0v) is 54.8. The van der Waals surface area contributed by atoms with E-state index >= 15 is 0 Å². The molecular weight excluding hydrogens is 1090 g/mol. The number of ether oxygens (including phenoxy) is 4. The third-order valence-electron chi connectivity index (χ3n) is 17.5. The number of aliphatic hydroxyl groups is 8. The summed E-state index contributed by atoms with van der Waals surface area (Å²) in [5.74, 6) is -0.244. The number of unbranched alkanes of at least 4 members (excludes halogenated alkanes) is 40. The Morgan fingerprint density at radius 3 is 1.17 bits per heavy atom. The fraction of sp³-hybridized carbons (Fsp3) is 0.875. The van der Waals surface area contributed by atoms with Gasteiger partial charge in [-0.1, -0.05) is 294 Å². The van der Waals surface area contributed by atoms with Gasteiger partial charge in [0.25, 0.3) is 0 Å². The van der Waals surface area contributed by atoms with Crippen LogP contribution in [0.25, 0.3) is 0 Å². The second kappa shape index (κ2) is 56.9. The first-order valence-corrected chi connectivity index (χ1v) is 35.9. The molecule has 504 valence electrons. The Hall–Kier alpha value is -2.05. The Balaban J connectivity index is 1.68. The lowest BCUT2D eigenvalue weighted by molar-refractivity contribution is -0.359. The molecule has 0 saturated carbocycles. The van der Waals surface area contributed by atoms with Gasteiger partial charge in [0.1, 0.15) is 48.8 Å². The van der Waals surface area contributed by atoms with E-state index in [-0.39, 0.29) is 18.9 Å². The van der Waals surface area contributed by atoms with Gasteiger partial charge in [0.2, 0.25) is 5.91 Å². The first-order chi connectivity index (χ1) is 42.1. The molecule has 2 rings (SSSR count). The van der Waals surface area contributed by atoms with E-state index in [9.17, 15) is 45.6 Å². The summed E-state index contributed by atoms with van der Waals surface area (Å²) >= 11 is 0. The molecule has 0 spiro atoms. The molecule has 0 aromatic heterocycles. The lowest BCUT2D eigenvalue weighted by Crippen LogP contribution is -2.65.